The second-order valence-corrected chi connectivity index (χ2v) is 7.17. The van der Waals surface area contributed by atoms with Crippen LogP contribution in [0.15, 0.2) is 29.8 Å². The summed E-state index contributed by atoms with van der Waals surface area (Å²) in [6.07, 6.45) is 3.27. The lowest BCUT2D eigenvalue weighted by Gasteiger charge is -2.12. The maximum absolute atomic E-state index is 12.5. The van der Waals surface area contributed by atoms with Gasteiger partial charge in [0, 0.05) is 13.1 Å². The Bertz CT molecular complexity index is 639. The van der Waals surface area contributed by atoms with Crippen molar-refractivity contribution in [1.29, 1.82) is 5.26 Å². The van der Waals surface area contributed by atoms with E-state index < -0.39 is 0 Å². The van der Waals surface area contributed by atoms with Gasteiger partial charge in [-0.15, -0.1) is 0 Å². The Hall–Kier alpha value is -2.61. The van der Waals surface area contributed by atoms with Gasteiger partial charge in [-0.1, -0.05) is 39.8 Å². The van der Waals surface area contributed by atoms with Crippen LogP contribution in [0.5, 0.6) is 0 Å². The number of carbonyl (C=O) groups excluding carboxylic acids is 2. The Labute approximate surface area is 156 Å². The second kappa shape index (κ2) is 11.1. The molecule has 0 unspecified atom stereocenters. The fraction of sp³-hybridized carbons (Fsp3) is 0.476. The fourth-order valence-corrected chi connectivity index (χ4v) is 2.19. The van der Waals surface area contributed by atoms with Crippen LogP contribution in [0.25, 0.3) is 6.08 Å². The molecule has 0 spiro atoms. The molecule has 1 aromatic rings. The summed E-state index contributed by atoms with van der Waals surface area (Å²) in [5.74, 6) is 0.191. The van der Waals surface area contributed by atoms with E-state index in [1.54, 1.807) is 30.3 Å². The van der Waals surface area contributed by atoms with Crippen LogP contribution in [0.4, 0.5) is 0 Å². The summed E-state index contributed by atoms with van der Waals surface area (Å²) in [7, 11) is 0. The molecule has 0 aromatic heterocycles. The van der Waals surface area contributed by atoms with Crippen LogP contribution < -0.4 is 10.6 Å². The van der Waals surface area contributed by atoms with Gasteiger partial charge >= 0.3 is 0 Å². The summed E-state index contributed by atoms with van der Waals surface area (Å²) in [5.41, 5.74) is 1.32. The first kappa shape index (κ1) is 21.4. The zero-order valence-corrected chi connectivity index (χ0v) is 16.1. The number of benzene rings is 1. The number of nitrogens with one attached hydrogen (secondary N) is 2. The molecule has 0 aliphatic carbocycles. The molecule has 1 aromatic carbocycles. The van der Waals surface area contributed by atoms with Crippen LogP contribution in [0.2, 0.25) is 0 Å². The van der Waals surface area contributed by atoms with Crippen LogP contribution in [-0.4, -0.2) is 24.9 Å². The Morgan fingerprint density at radius 1 is 0.962 bits per heavy atom. The van der Waals surface area contributed by atoms with E-state index in [-0.39, 0.29) is 17.4 Å². The van der Waals surface area contributed by atoms with Crippen LogP contribution >= 0.6 is 0 Å². The molecule has 0 radical (unpaired) electrons. The standard InChI is InChI=1S/C21H29N3O2/c1-15(2)9-11-23-20(25)19(21(26)24-12-10-16(3)4)13-17-5-7-18(14-22)8-6-17/h5-8,13,15-16H,9-12H2,1-4H3,(H,23,25)(H,24,26). The first-order valence-electron chi connectivity index (χ1n) is 9.11. The molecule has 0 atom stereocenters. The van der Waals surface area contributed by atoms with E-state index in [0.29, 0.717) is 36.1 Å². The van der Waals surface area contributed by atoms with Crippen molar-refractivity contribution in [2.75, 3.05) is 13.1 Å². The van der Waals surface area contributed by atoms with Gasteiger partial charge in [-0.25, -0.2) is 0 Å². The highest BCUT2D eigenvalue weighted by Crippen LogP contribution is 2.10. The molecular formula is C21H29N3O2. The van der Waals surface area contributed by atoms with Crippen molar-refractivity contribution in [3.05, 3.63) is 41.0 Å². The highest BCUT2D eigenvalue weighted by molar-refractivity contribution is 6.21. The Morgan fingerprint density at radius 2 is 1.42 bits per heavy atom. The van der Waals surface area contributed by atoms with Gasteiger partial charge in [-0.2, -0.15) is 5.26 Å². The number of hydrogen-bond donors (Lipinski definition) is 2. The number of hydrogen-bond acceptors (Lipinski definition) is 3. The second-order valence-electron chi connectivity index (χ2n) is 7.17. The van der Waals surface area contributed by atoms with E-state index in [2.05, 4.69) is 44.4 Å². The molecule has 2 amide bonds. The van der Waals surface area contributed by atoms with Gasteiger partial charge in [0.05, 0.1) is 11.6 Å². The number of nitriles is 1. The molecular weight excluding hydrogens is 326 g/mol. The average molecular weight is 355 g/mol. The minimum absolute atomic E-state index is 0.0854. The number of nitrogens with zero attached hydrogens (tertiary/aromatic N) is 1. The van der Waals surface area contributed by atoms with Crippen molar-refractivity contribution in [1.82, 2.24) is 10.6 Å². The summed E-state index contributed by atoms with van der Waals surface area (Å²) in [5, 5.41) is 14.5. The Kier molecular flexibility index (Phi) is 9.14. The topological polar surface area (TPSA) is 82.0 Å². The SMILES string of the molecule is CC(C)CCNC(=O)C(=Cc1ccc(C#N)cc1)C(=O)NCCC(C)C. The Morgan fingerprint density at radius 3 is 1.81 bits per heavy atom. The van der Waals surface area contributed by atoms with Crippen molar-refractivity contribution >= 4 is 17.9 Å². The van der Waals surface area contributed by atoms with Gasteiger partial charge < -0.3 is 10.6 Å². The molecule has 0 saturated carbocycles. The van der Waals surface area contributed by atoms with Gasteiger partial charge in [-0.3, -0.25) is 9.59 Å². The molecule has 0 saturated heterocycles. The Balaban J connectivity index is 2.91. The predicted molar refractivity (Wildman–Crippen MR) is 104 cm³/mol. The van der Waals surface area contributed by atoms with Gasteiger partial charge in [-0.05, 0) is 48.4 Å². The van der Waals surface area contributed by atoms with Crippen molar-refractivity contribution in [3.8, 4) is 6.07 Å². The van der Waals surface area contributed by atoms with Crippen molar-refractivity contribution in [2.24, 2.45) is 11.8 Å². The lowest BCUT2D eigenvalue weighted by Crippen LogP contribution is -2.36. The van der Waals surface area contributed by atoms with Crippen molar-refractivity contribution < 1.29 is 9.59 Å². The fourth-order valence-electron chi connectivity index (χ4n) is 2.19. The minimum Gasteiger partial charge on any atom is -0.352 e. The molecule has 0 heterocycles. The summed E-state index contributed by atoms with van der Waals surface area (Å²) in [6, 6.07) is 8.82. The molecule has 5 heteroatoms. The van der Waals surface area contributed by atoms with Crippen LogP contribution in [0.1, 0.15) is 51.7 Å². The van der Waals surface area contributed by atoms with E-state index in [9.17, 15) is 9.59 Å². The van der Waals surface area contributed by atoms with Crippen LogP contribution in [0, 0.1) is 23.2 Å². The zero-order chi connectivity index (χ0) is 19.5. The summed E-state index contributed by atoms with van der Waals surface area (Å²) in [4.78, 5) is 25.0. The first-order valence-corrected chi connectivity index (χ1v) is 9.11. The van der Waals surface area contributed by atoms with E-state index in [0.717, 1.165) is 12.8 Å². The van der Waals surface area contributed by atoms with Gasteiger partial charge in [0.2, 0.25) is 0 Å². The van der Waals surface area contributed by atoms with Crippen molar-refractivity contribution in [2.45, 2.75) is 40.5 Å². The number of amides is 2. The molecule has 0 fully saturated rings. The normalized spacial score (nSPS) is 10.3. The third-order valence-corrected chi connectivity index (χ3v) is 3.85. The third kappa shape index (κ3) is 7.98. The molecule has 0 aliphatic heterocycles. The lowest BCUT2D eigenvalue weighted by molar-refractivity contribution is -0.123. The lowest BCUT2D eigenvalue weighted by atomic mass is 10.1. The van der Waals surface area contributed by atoms with E-state index in [4.69, 9.17) is 5.26 Å². The summed E-state index contributed by atoms with van der Waals surface area (Å²) in [6.45, 7) is 9.38. The quantitative estimate of drug-likeness (QED) is 0.405. The van der Waals surface area contributed by atoms with E-state index in [1.807, 2.05) is 0 Å². The van der Waals surface area contributed by atoms with Gasteiger partial charge in [0.15, 0.2) is 0 Å². The monoisotopic (exact) mass is 355 g/mol. The molecule has 0 aliphatic rings. The molecule has 0 bridgehead atoms. The molecule has 1 rings (SSSR count). The minimum atomic E-state index is -0.378. The molecule has 140 valence electrons. The maximum atomic E-state index is 12.5. The van der Waals surface area contributed by atoms with Gasteiger partial charge in [0.1, 0.15) is 5.57 Å². The smallest absolute Gasteiger partial charge is 0.256 e. The maximum Gasteiger partial charge on any atom is 0.256 e. The molecule has 2 N–H and O–H groups in total. The van der Waals surface area contributed by atoms with E-state index in [1.165, 1.54) is 0 Å². The highest BCUT2D eigenvalue weighted by atomic mass is 16.2. The number of carbonyl (C=O) groups is 2. The van der Waals surface area contributed by atoms with Gasteiger partial charge in [0.25, 0.3) is 11.8 Å². The average Bonchev–Trinajstić information content (AvgIpc) is 2.59. The summed E-state index contributed by atoms with van der Waals surface area (Å²) >= 11 is 0. The highest BCUT2D eigenvalue weighted by Gasteiger charge is 2.18. The zero-order valence-electron chi connectivity index (χ0n) is 16.1. The van der Waals surface area contributed by atoms with Crippen LogP contribution in [-0.2, 0) is 9.59 Å². The number of rotatable bonds is 9. The molecule has 5 nitrogen and oxygen atoms in total. The summed E-state index contributed by atoms with van der Waals surface area (Å²) < 4.78 is 0. The third-order valence-electron chi connectivity index (χ3n) is 3.85. The molecule has 26 heavy (non-hydrogen) atoms. The first-order chi connectivity index (χ1) is 12.3. The predicted octanol–water partition coefficient (Wildman–Crippen LogP) is 3.27. The van der Waals surface area contributed by atoms with Crippen molar-refractivity contribution in [3.63, 3.8) is 0 Å². The van der Waals surface area contributed by atoms with E-state index >= 15 is 0 Å². The largest absolute Gasteiger partial charge is 0.352 e. The van der Waals surface area contributed by atoms with Crippen LogP contribution in [0.3, 0.4) is 0 Å².